The summed E-state index contributed by atoms with van der Waals surface area (Å²) < 4.78 is 5.47. The van der Waals surface area contributed by atoms with Crippen molar-refractivity contribution in [3.63, 3.8) is 0 Å². The maximum Gasteiger partial charge on any atom is 0.410 e. The average molecular weight is 325 g/mol. The van der Waals surface area contributed by atoms with Crippen molar-refractivity contribution in [2.24, 2.45) is 0 Å². The van der Waals surface area contributed by atoms with Crippen molar-refractivity contribution in [3.05, 3.63) is 34.3 Å². The highest BCUT2D eigenvalue weighted by Crippen LogP contribution is 2.27. The van der Waals surface area contributed by atoms with Crippen LogP contribution in [-0.2, 0) is 4.74 Å². The molecule has 1 aromatic carbocycles. The molecule has 0 saturated carbocycles. The van der Waals surface area contributed by atoms with Gasteiger partial charge in [0.2, 0.25) is 0 Å². The van der Waals surface area contributed by atoms with Crippen LogP contribution in [0.4, 0.5) is 4.79 Å². The van der Waals surface area contributed by atoms with Crippen LogP contribution in [0.25, 0.3) is 0 Å². The third-order valence-electron chi connectivity index (χ3n) is 3.41. The van der Waals surface area contributed by atoms with E-state index in [4.69, 9.17) is 16.3 Å². The van der Waals surface area contributed by atoms with Crippen LogP contribution in [0.5, 0.6) is 0 Å². The number of aldehydes is 1. The normalized spacial score (nSPS) is 18.9. The molecule has 22 heavy (non-hydrogen) atoms. The molecule has 1 atom stereocenters. The van der Waals surface area contributed by atoms with Crippen molar-refractivity contribution in [1.82, 2.24) is 10.2 Å². The number of piperazine rings is 1. The van der Waals surface area contributed by atoms with Gasteiger partial charge in [0.1, 0.15) is 5.60 Å². The first-order valence-corrected chi connectivity index (χ1v) is 7.64. The van der Waals surface area contributed by atoms with Gasteiger partial charge in [-0.1, -0.05) is 17.7 Å². The number of carbonyl (C=O) groups excluding carboxylic acids is 2. The lowest BCUT2D eigenvalue weighted by Gasteiger charge is -2.37. The van der Waals surface area contributed by atoms with E-state index >= 15 is 0 Å². The van der Waals surface area contributed by atoms with Crippen LogP contribution in [0.2, 0.25) is 5.02 Å². The fourth-order valence-corrected chi connectivity index (χ4v) is 2.62. The predicted octanol–water partition coefficient (Wildman–Crippen LogP) is 3.03. The molecule has 120 valence electrons. The lowest BCUT2D eigenvalue weighted by atomic mass is 10.0. The summed E-state index contributed by atoms with van der Waals surface area (Å²) in [7, 11) is 0. The van der Waals surface area contributed by atoms with Gasteiger partial charge >= 0.3 is 6.09 Å². The van der Waals surface area contributed by atoms with E-state index in [-0.39, 0.29) is 12.1 Å². The Balaban J connectivity index is 2.24. The van der Waals surface area contributed by atoms with Crippen molar-refractivity contribution in [2.45, 2.75) is 32.4 Å². The first kappa shape index (κ1) is 16.8. The first-order chi connectivity index (χ1) is 10.3. The van der Waals surface area contributed by atoms with Crippen molar-refractivity contribution in [1.29, 1.82) is 0 Å². The Kier molecular flexibility index (Phi) is 5.08. The van der Waals surface area contributed by atoms with Gasteiger partial charge in [-0.15, -0.1) is 0 Å². The minimum absolute atomic E-state index is 0.165. The summed E-state index contributed by atoms with van der Waals surface area (Å²) in [5, 5.41) is 3.66. The molecule has 1 heterocycles. The molecule has 1 saturated heterocycles. The van der Waals surface area contributed by atoms with Gasteiger partial charge in [0, 0.05) is 25.2 Å². The number of rotatable bonds is 2. The Morgan fingerprint density at radius 2 is 2.18 bits per heavy atom. The summed E-state index contributed by atoms with van der Waals surface area (Å²) in [5.41, 5.74) is 0.789. The van der Waals surface area contributed by atoms with Crippen molar-refractivity contribution in [2.75, 3.05) is 19.6 Å². The van der Waals surface area contributed by atoms with Gasteiger partial charge in [0.25, 0.3) is 0 Å². The highest BCUT2D eigenvalue weighted by Gasteiger charge is 2.31. The number of nitrogens with zero attached hydrogens (tertiary/aromatic N) is 1. The Hall–Kier alpha value is -1.59. The van der Waals surface area contributed by atoms with Gasteiger partial charge in [-0.05, 0) is 38.5 Å². The fourth-order valence-electron chi connectivity index (χ4n) is 2.39. The van der Waals surface area contributed by atoms with Crippen LogP contribution in [-0.4, -0.2) is 42.5 Å². The molecule has 0 bridgehead atoms. The standard InChI is InChI=1S/C16H21ClN2O3/c1-16(2,3)22-15(21)19-7-6-18-9-14(19)11-4-5-12(10-20)13(17)8-11/h4-5,8,10,14,18H,6-7,9H2,1-3H3. The van der Waals surface area contributed by atoms with Gasteiger partial charge in [-0.3, -0.25) is 9.69 Å². The van der Waals surface area contributed by atoms with Gasteiger partial charge < -0.3 is 10.1 Å². The maximum absolute atomic E-state index is 12.4. The molecule has 1 unspecified atom stereocenters. The van der Waals surface area contributed by atoms with E-state index in [1.54, 1.807) is 17.0 Å². The van der Waals surface area contributed by atoms with Gasteiger partial charge in [0.15, 0.2) is 6.29 Å². The second kappa shape index (κ2) is 6.67. The number of carbonyl (C=O) groups is 2. The monoisotopic (exact) mass is 324 g/mol. The molecule has 0 spiro atoms. The summed E-state index contributed by atoms with van der Waals surface area (Å²) in [5.74, 6) is 0. The SMILES string of the molecule is CC(C)(C)OC(=O)N1CCNCC1c1ccc(C=O)c(Cl)c1. The Morgan fingerprint density at radius 3 is 2.77 bits per heavy atom. The van der Waals surface area contributed by atoms with E-state index in [1.165, 1.54) is 0 Å². The molecule has 5 nitrogen and oxygen atoms in total. The van der Waals surface area contributed by atoms with Crippen LogP contribution in [0.3, 0.4) is 0 Å². The predicted molar refractivity (Wildman–Crippen MR) is 85.4 cm³/mol. The molecule has 0 aliphatic carbocycles. The van der Waals surface area contributed by atoms with E-state index in [2.05, 4.69) is 5.32 Å². The average Bonchev–Trinajstić information content (AvgIpc) is 2.45. The summed E-state index contributed by atoms with van der Waals surface area (Å²) in [6.45, 7) is 7.44. The van der Waals surface area contributed by atoms with E-state index in [0.717, 1.165) is 18.4 Å². The van der Waals surface area contributed by atoms with Crippen LogP contribution in [0.15, 0.2) is 18.2 Å². The zero-order chi connectivity index (χ0) is 16.3. The third kappa shape index (κ3) is 3.99. The molecule has 1 fully saturated rings. The molecule has 1 aliphatic heterocycles. The second-order valence-corrected chi connectivity index (χ2v) is 6.70. The van der Waals surface area contributed by atoms with Crippen molar-refractivity contribution in [3.8, 4) is 0 Å². The molecule has 0 radical (unpaired) electrons. The molecule has 1 N–H and O–H groups in total. The topological polar surface area (TPSA) is 58.6 Å². The molecular weight excluding hydrogens is 304 g/mol. The largest absolute Gasteiger partial charge is 0.444 e. The summed E-state index contributed by atoms with van der Waals surface area (Å²) in [6.07, 6.45) is 0.381. The smallest absolute Gasteiger partial charge is 0.410 e. The second-order valence-electron chi connectivity index (χ2n) is 6.29. The summed E-state index contributed by atoms with van der Waals surface area (Å²) in [6, 6.07) is 5.07. The quantitative estimate of drug-likeness (QED) is 0.849. The summed E-state index contributed by atoms with van der Waals surface area (Å²) in [4.78, 5) is 25.0. The Morgan fingerprint density at radius 1 is 1.45 bits per heavy atom. The zero-order valence-corrected chi connectivity index (χ0v) is 13.8. The molecule has 1 aromatic rings. The molecule has 0 aromatic heterocycles. The highest BCUT2D eigenvalue weighted by atomic mass is 35.5. The number of hydrogen-bond donors (Lipinski definition) is 1. The Bertz CT molecular complexity index is 569. The fraction of sp³-hybridized carbons (Fsp3) is 0.500. The van der Waals surface area contributed by atoms with E-state index in [9.17, 15) is 9.59 Å². The van der Waals surface area contributed by atoms with Crippen LogP contribution >= 0.6 is 11.6 Å². The van der Waals surface area contributed by atoms with Gasteiger partial charge in [0.05, 0.1) is 11.1 Å². The van der Waals surface area contributed by atoms with Crippen molar-refractivity contribution >= 4 is 24.0 Å². The van der Waals surface area contributed by atoms with E-state index < -0.39 is 5.60 Å². The Labute approximate surface area is 135 Å². The maximum atomic E-state index is 12.4. The number of benzene rings is 1. The molecule has 2 rings (SSSR count). The minimum atomic E-state index is -0.536. The molecular formula is C16H21ClN2O3. The molecule has 1 aliphatic rings. The van der Waals surface area contributed by atoms with Gasteiger partial charge in [-0.2, -0.15) is 0 Å². The van der Waals surface area contributed by atoms with E-state index in [0.29, 0.717) is 23.7 Å². The third-order valence-corrected chi connectivity index (χ3v) is 3.73. The number of hydrogen-bond acceptors (Lipinski definition) is 4. The number of amides is 1. The van der Waals surface area contributed by atoms with E-state index in [1.807, 2.05) is 26.8 Å². The highest BCUT2D eigenvalue weighted by molar-refractivity contribution is 6.33. The van der Waals surface area contributed by atoms with Crippen LogP contribution < -0.4 is 5.32 Å². The first-order valence-electron chi connectivity index (χ1n) is 7.27. The lowest BCUT2D eigenvalue weighted by Crippen LogP contribution is -2.50. The van der Waals surface area contributed by atoms with Crippen LogP contribution in [0.1, 0.15) is 42.7 Å². The molecule has 6 heteroatoms. The lowest BCUT2D eigenvalue weighted by molar-refractivity contribution is 0.0118. The number of ether oxygens (including phenoxy) is 1. The summed E-state index contributed by atoms with van der Waals surface area (Å²) >= 11 is 6.10. The zero-order valence-electron chi connectivity index (χ0n) is 13.1. The van der Waals surface area contributed by atoms with Crippen molar-refractivity contribution < 1.29 is 14.3 Å². The van der Waals surface area contributed by atoms with Crippen LogP contribution in [0, 0.1) is 0 Å². The number of halogens is 1. The number of nitrogens with one attached hydrogen (secondary N) is 1. The minimum Gasteiger partial charge on any atom is -0.444 e. The molecule has 1 amide bonds. The van der Waals surface area contributed by atoms with Gasteiger partial charge in [-0.25, -0.2) is 4.79 Å².